The van der Waals surface area contributed by atoms with Crippen molar-refractivity contribution >= 4 is 11.6 Å². The molecule has 1 amide bonds. The van der Waals surface area contributed by atoms with Crippen LogP contribution in [0, 0.1) is 6.92 Å². The first-order valence-electron chi connectivity index (χ1n) is 7.33. The standard InChI is InChI=1S/C18H19NO3/c1-13-6-5-7-14(10-13)19(2)18(20)16-8-3-4-9-17(16)22-12-15-11-21-15/h3-10,15H,11-12H2,1-2H3. The maximum Gasteiger partial charge on any atom is 0.261 e. The van der Waals surface area contributed by atoms with E-state index in [1.807, 2.05) is 49.4 Å². The van der Waals surface area contributed by atoms with Crippen molar-refractivity contribution in [2.45, 2.75) is 13.0 Å². The summed E-state index contributed by atoms with van der Waals surface area (Å²) in [5, 5.41) is 0. The average Bonchev–Trinajstić information content (AvgIpc) is 3.36. The van der Waals surface area contributed by atoms with E-state index in [1.165, 1.54) is 0 Å². The number of carbonyl (C=O) groups excluding carboxylic acids is 1. The highest BCUT2D eigenvalue weighted by Crippen LogP contribution is 2.24. The zero-order valence-corrected chi connectivity index (χ0v) is 12.8. The number of hydrogen-bond acceptors (Lipinski definition) is 3. The summed E-state index contributed by atoms with van der Waals surface area (Å²) in [7, 11) is 1.78. The first kappa shape index (κ1) is 14.6. The van der Waals surface area contributed by atoms with Gasteiger partial charge in [0.05, 0.1) is 12.2 Å². The second-order valence-electron chi connectivity index (χ2n) is 5.47. The van der Waals surface area contributed by atoms with Crippen molar-refractivity contribution < 1.29 is 14.3 Å². The maximum atomic E-state index is 12.8. The number of nitrogens with zero attached hydrogens (tertiary/aromatic N) is 1. The smallest absolute Gasteiger partial charge is 0.261 e. The van der Waals surface area contributed by atoms with Crippen molar-refractivity contribution in [1.82, 2.24) is 0 Å². The van der Waals surface area contributed by atoms with Crippen molar-refractivity contribution in [2.24, 2.45) is 0 Å². The molecular formula is C18H19NO3. The fraction of sp³-hybridized carbons (Fsp3) is 0.278. The summed E-state index contributed by atoms with van der Waals surface area (Å²) in [4.78, 5) is 14.4. The Balaban J connectivity index is 1.81. The van der Waals surface area contributed by atoms with E-state index in [2.05, 4.69) is 0 Å². The Labute approximate surface area is 130 Å². The first-order chi connectivity index (χ1) is 10.6. The molecule has 1 atom stereocenters. The fourth-order valence-corrected chi connectivity index (χ4v) is 2.25. The molecule has 4 heteroatoms. The first-order valence-corrected chi connectivity index (χ1v) is 7.33. The lowest BCUT2D eigenvalue weighted by molar-refractivity contribution is 0.0988. The molecule has 4 nitrogen and oxygen atoms in total. The van der Waals surface area contributed by atoms with Gasteiger partial charge in [-0.15, -0.1) is 0 Å². The molecular weight excluding hydrogens is 278 g/mol. The number of hydrogen-bond donors (Lipinski definition) is 0. The second kappa shape index (κ2) is 6.20. The van der Waals surface area contributed by atoms with Crippen molar-refractivity contribution in [3.8, 4) is 5.75 Å². The summed E-state index contributed by atoms with van der Waals surface area (Å²) in [5.74, 6) is 0.514. The van der Waals surface area contributed by atoms with Crippen LogP contribution in [0.25, 0.3) is 0 Å². The van der Waals surface area contributed by atoms with Crippen molar-refractivity contribution in [2.75, 3.05) is 25.2 Å². The minimum Gasteiger partial charge on any atom is -0.490 e. The van der Waals surface area contributed by atoms with Crippen LogP contribution in [0.15, 0.2) is 48.5 Å². The van der Waals surface area contributed by atoms with Crippen LogP contribution in [-0.2, 0) is 4.74 Å². The molecule has 0 bridgehead atoms. The lowest BCUT2D eigenvalue weighted by Gasteiger charge is -2.19. The minimum atomic E-state index is -0.0853. The van der Waals surface area contributed by atoms with E-state index >= 15 is 0 Å². The van der Waals surface area contributed by atoms with E-state index in [0.29, 0.717) is 17.9 Å². The van der Waals surface area contributed by atoms with E-state index in [0.717, 1.165) is 17.9 Å². The number of amides is 1. The number of rotatable bonds is 5. The summed E-state index contributed by atoms with van der Waals surface area (Å²) in [6.07, 6.45) is 0.165. The highest BCUT2D eigenvalue weighted by molar-refractivity contribution is 6.07. The second-order valence-corrected chi connectivity index (χ2v) is 5.47. The van der Waals surface area contributed by atoms with E-state index in [4.69, 9.17) is 9.47 Å². The fourth-order valence-electron chi connectivity index (χ4n) is 2.25. The summed E-state index contributed by atoms with van der Waals surface area (Å²) in [5.41, 5.74) is 2.55. The summed E-state index contributed by atoms with van der Waals surface area (Å²) in [6.45, 7) is 3.23. The number of ether oxygens (including phenoxy) is 2. The van der Waals surface area contributed by atoms with Gasteiger partial charge in [-0.1, -0.05) is 24.3 Å². The molecule has 2 aromatic carbocycles. The number of carbonyl (C=O) groups is 1. The molecule has 0 N–H and O–H groups in total. The van der Waals surface area contributed by atoms with E-state index in [-0.39, 0.29) is 12.0 Å². The molecule has 2 aromatic rings. The predicted molar refractivity (Wildman–Crippen MR) is 85.6 cm³/mol. The van der Waals surface area contributed by atoms with Crippen LogP contribution >= 0.6 is 0 Å². The summed E-state index contributed by atoms with van der Waals surface area (Å²) in [6, 6.07) is 15.2. The zero-order valence-electron chi connectivity index (χ0n) is 12.8. The van der Waals surface area contributed by atoms with Crippen molar-refractivity contribution in [3.63, 3.8) is 0 Å². The Morgan fingerprint density at radius 2 is 2.05 bits per heavy atom. The van der Waals surface area contributed by atoms with Gasteiger partial charge >= 0.3 is 0 Å². The molecule has 1 aliphatic rings. The Morgan fingerprint density at radius 3 is 2.77 bits per heavy atom. The molecule has 22 heavy (non-hydrogen) atoms. The molecule has 0 spiro atoms. The molecule has 1 heterocycles. The van der Waals surface area contributed by atoms with Gasteiger partial charge < -0.3 is 14.4 Å². The van der Waals surface area contributed by atoms with Gasteiger partial charge in [0.1, 0.15) is 18.5 Å². The van der Waals surface area contributed by atoms with Crippen LogP contribution < -0.4 is 9.64 Å². The lowest BCUT2D eigenvalue weighted by atomic mass is 10.1. The number of anilines is 1. The SMILES string of the molecule is Cc1cccc(N(C)C(=O)c2ccccc2OCC2CO2)c1. The third-order valence-corrected chi connectivity index (χ3v) is 3.64. The van der Waals surface area contributed by atoms with Crippen LogP contribution in [0.4, 0.5) is 5.69 Å². The predicted octanol–water partition coefficient (Wildman–Crippen LogP) is 3.05. The van der Waals surface area contributed by atoms with Crippen molar-refractivity contribution in [3.05, 3.63) is 59.7 Å². The number of epoxide rings is 1. The molecule has 0 saturated carbocycles. The molecule has 3 rings (SSSR count). The van der Waals surface area contributed by atoms with Crippen LogP contribution in [0.2, 0.25) is 0 Å². The molecule has 1 aliphatic heterocycles. The molecule has 0 aliphatic carbocycles. The molecule has 114 valence electrons. The monoisotopic (exact) mass is 297 g/mol. The maximum absolute atomic E-state index is 12.8. The Kier molecular flexibility index (Phi) is 4.11. The van der Waals surface area contributed by atoms with Gasteiger partial charge in [0.2, 0.25) is 0 Å². The quantitative estimate of drug-likeness (QED) is 0.797. The Hall–Kier alpha value is -2.33. The van der Waals surface area contributed by atoms with Crippen LogP contribution in [0.5, 0.6) is 5.75 Å². The lowest BCUT2D eigenvalue weighted by Crippen LogP contribution is -2.27. The van der Waals surface area contributed by atoms with Gasteiger partial charge in [-0.3, -0.25) is 4.79 Å². The normalized spacial score (nSPS) is 16.2. The molecule has 0 aromatic heterocycles. The molecule has 0 radical (unpaired) electrons. The Morgan fingerprint density at radius 1 is 1.27 bits per heavy atom. The molecule has 1 unspecified atom stereocenters. The van der Waals surface area contributed by atoms with Gasteiger partial charge in [-0.05, 0) is 36.8 Å². The van der Waals surface area contributed by atoms with Gasteiger partial charge in [-0.25, -0.2) is 0 Å². The highest BCUT2D eigenvalue weighted by atomic mass is 16.6. The van der Waals surface area contributed by atoms with E-state index < -0.39 is 0 Å². The van der Waals surface area contributed by atoms with Gasteiger partial charge in [-0.2, -0.15) is 0 Å². The minimum absolute atomic E-state index is 0.0853. The topological polar surface area (TPSA) is 42.1 Å². The zero-order chi connectivity index (χ0) is 15.5. The van der Waals surface area contributed by atoms with Crippen molar-refractivity contribution in [1.29, 1.82) is 0 Å². The molecule has 1 fully saturated rings. The van der Waals surface area contributed by atoms with Gasteiger partial charge in [0, 0.05) is 12.7 Å². The third kappa shape index (κ3) is 3.28. The average molecular weight is 297 g/mol. The summed E-state index contributed by atoms with van der Waals surface area (Å²) >= 11 is 0. The Bertz CT molecular complexity index is 680. The number of para-hydroxylation sites is 1. The van der Waals surface area contributed by atoms with Crippen LogP contribution in [0.1, 0.15) is 15.9 Å². The highest BCUT2D eigenvalue weighted by Gasteiger charge is 2.24. The number of benzene rings is 2. The van der Waals surface area contributed by atoms with E-state index in [9.17, 15) is 4.79 Å². The van der Waals surface area contributed by atoms with Crippen LogP contribution in [0.3, 0.4) is 0 Å². The third-order valence-electron chi connectivity index (χ3n) is 3.64. The van der Waals surface area contributed by atoms with E-state index in [1.54, 1.807) is 18.0 Å². The molecule has 1 saturated heterocycles. The van der Waals surface area contributed by atoms with Gasteiger partial charge in [0.25, 0.3) is 5.91 Å². The van der Waals surface area contributed by atoms with Gasteiger partial charge in [0.15, 0.2) is 0 Å². The number of aryl methyl sites for hydroxylation is 1. The summed E-state index contributed by atoms with van der Waals surface area (Å²) < 4.78 is 10.9. The van der Waals surface area contributed by atoms with Crippen LogP contribution in [-0.4, -0.2) is 32.3 Å². The largest absolute Gasteiger partial charge is 0.490 e.